The molecule has 1 rings (SSSR count). The SMILES string of the molecule is Cc1nc(=O)n(C(C)CC(C)C)c(C)c1C(C)C(=O)O. The molecule has 2 atom stereocenters. The molecule has 0 aliphatic heterocycles. The van der Waals surface area contributed by atoms with E-state index in [0.717, 1.165) is 6.42 Å². The smallest absolute Gasteiger partial charge is 0.348 e. The van der Waals surface area contributed by atoms with Gasteiger partial charge < -0.3 is 5.11 Å². The molecule has 1 N–H and O–H groups in total. The summed E-state index contributed by atoms with van der Waals surface area (Å²) in [5, 5.41) is 9.21. The summed E-state index contributed by atoms with van der Waals surface area (Å²) in [6.07, 6.45) is 0.854. The highest BCUT2D eigenvalue weighted by Gasteiger charge is 2.23. The number of rotatable bonds is 5. The van der Waals surface area contributed by atoms with Crippen LogP contribution in [0.2, 0.25) is 0 Å². The van der Waals surface area contributed by atoms with Gasteiger partial charge in [-0.3, -0.25) is 9.36 Å². The van der Waals surface area contributed by atoms with Gasteiger partial charge in [-0.2, -0.15) is 4.98 Å². The van der Waals surface area contributed by atoms with Crippen molar-refractivity contribution in [1.82, 2.24) is 9.55 Å². The zero-order valence-electron chi connectivity index (χ0n) is 13.1. The van der Waals surface area contributed by atoms with Crippen molar-refractivity contribution in [2.75, 3.05) is 0 Å². The van der Waals surface area contributed by atoms with Gasteiger partial charge in [0.15, 0.2) is 0 Å². The van der Waals surface area contributed by atoms with Crippen molar-refractivity contribution in [3.8, 4) is 0 Å². The molecule has 1 aromatic rings. The number of aromatic nitrogens is 2. The number of hydrogen-bond donors (Lipinski definition) is 1. The lowest BCUT2D eigenvalue weighted by atomic mass is 9.97. The van der Waals surface area contributed by atoms with E-state index in [1.54, 1.807) is 18.4 Å². The number of aliphatic carboxylic acids is 1. The van der Waals surface area contributed by atoms with Gasteiger partial charge in [0.25, 0.3) is 0 Å². The third-order valence-electron chi connectivity index (χ3n) is 3.67. The van der Waals surface area contributed by atoms with Gasteiger partial charge in [-0.05, 0) is 40.0 Å². The zero-order valence-corrected chi connectivity index (χ0v) is 13.1. The van der Waals surface area contributed by atoms with Crippen LogP contribution in [0.5, 0.6) is 0 Å². The maximum Gasteiger partial charge on any atom is 0.348 e. The van der Waals surface area contributed by atoms with Crippen molar-refractivity contribution in [3.63, 3.8) is 0 Å². The van der Waals surface area contributed by atoms with Crippen LogP contribution in [-0.2, 0) is 4.79 Å². The van der Waals surface area contributed by atoms with E-state index in [1.165, 1.54) is 0 Å². The largest absolute Gasteiger partial charge is 0.481 e. The monoisotopic (exact) mass is 280 g/mol. The second-order valence-corrected chi connectivity index (χ2v) is 5.89. The van der Waals surface area contributed by atoms with Crippen LogP contribution >= 0.6 is 0 Å². The van der Waals surface area contributed by atoms with Crippen molar-refractivity contribution in [2.45, 2.75) is 59.9 Å². The van der Waals surface area contributed by atoms with Crippen LogP contribution < -0.4 is 5.69 Å². The minimum Gasteiger partial charge on any atom is -0.481 e. The van der Waals surface area contributed by atoms with Crippen molar-refractivity contribution < 1.29 is 9.90 Å². The van der Waals surface area contributed by atoms with Gasteiger partial charge >= 0.3 is 11.7 Å². The maximum absolute atomic E-state index is 12.1. The van der Waals surface area contributed by atoms with E-state index in [1.807, 2.05) is 13.8 Å². The molecule has 0 saturated heterocycles. The molecular formula is C15H24N2O3. The molecule has 0 bridgehead atoms. The first-order valence-corrected chi connectivity index (χ1v) is 6.99. The highest BCUT2D eigenvalue weighted by Crippen LogP contribution is 2.24. The molecule has 2 unspecified atom stereocenters. The molecule has 0 aromatic carbocycles. The van der Waals surface area contributed by atoms with E-state index in [2.05, 4.69) is 18.8 Å². The summed E-state index contributed by atoms with van der Waals surface area (Å²) in [4.78, 5) is 27.4. The maximum atomic E-state index is 12.1. The molecule has 0 aliphatic carbocycles. The third-order valence-corrected chi connectivity index (χ3v) is 3.67. The van der Waals surface area contributed by atoms with Gasteiger partial charge in [-0.15, -0.1) is 0 Å². The lowest BCUT2D eigenvalue weighted by molar-refractivity contribution is -0.138. The first-order chi connectivity index (χ1) is 9.16. The Bertz CT molecular complexity index is 561. The molecule has 112 valence electrons. The molecule has 0 spiro atoms. The summed E-state index contributed by atoms with van der Waals surface area (Å²) in [6, 6.07) is 0.00958. The molecule has 0 saturated carbocycles. The average Bonchev–Trinajstić information content (AvgIpc) is 2.26. The Morgan fingerprint density at radius 3 is 2.25 bits per heavy atom. The molecular weight excluding hydrogens is 256 g/mol. The number of hydrogen-bond acceptors (Lipinski definition) is 3. The Morgan fingerprint density at radius 2 is 1.80 bits per heavy atom. The van der Waals surface area contributed by atoms with E-state index < -0.39 is 11.9 Å². The second-order valence-electron chi connectivity index (χ2n) is 5.89. The molecule has 0 fully saturated rings. The standard InChI is InChI=1S/C15H24N2O3/c1-8(2)7-9(3)17-12(6)13(10(4)14(18)19)11(5)16-15(17)20/h8-10H,7H2,1-6H3,(H,18,19). The van der Waals surface area contributed by atoms with Crippen LogP contribution in [0, 0.1) is 19.8 Å². The molecule has 1 aromatic heterocycles. The van der Waals surface area contributed by atoms with E-state index in [0.29, 0.717) is 22.9 Å². The van der Waals surface area contributed by atoms with Crippen LogP contribution in [0.1, 0.15) is 63.0 Å². The third kappa shape index (κ3) is 3.26. The first kappa shape index (κ1) is 16.4. The summed E-state index contributed by atoms with van der Waals surface area (Å²) >= 11 is 0. The molecule has 0 radical (unpaired) electrons. The quantitative estimate of drug-likeness (QED) is 0.900. The second kappa shape index (κ2) is 6.20. The summed E-state index contributed by atoms with van der Waals surface area (Å²) < 4.78 is 1.63. The predicted octanol–water partition coefficient (Wildman–Crippen LogP) is 2.66. The number of carbonyl (C=O) groups is 1. The Kier molecular flexibility index (Phi) is 5.09. The number of aryl methyl sites for hydroxylation is 1. The van der Waals surface area contributed by atoms with Gasteiger partial charge in [0, 0.05) is 23.0 Å². The van der Waals surface area contributed by atoms with Gasteiger partial charge in [0.05, 0.1) is 5.92 Å². The Morgan fingerprint density at radius 1 is 1.25 bits per heavy atom. The van der Waals surface area contributed by atoms with Crippen molar-refractivity contribution in [3.05, 3.63) is 27.4 Å². The van der Waals surface area contributed by atoms with Gasteiger partial charge in [0.1, 0.15) is 0 Å². The topological polar surface area (TPSA) is 72.2 Å². The fraction of sp³-hybridized carbons (Fsp3) is 0.667. The average molecular weight is 280 g/mol. The highest BCUT2D eigenvalue weighted by atomic mass is 16.4. The molecule has 20 heavy (non-hydrogen) atoms. The molecule has 0 amide bonds. The van der Waals surface area contributed by atoms with Crippen LogP contribution in [0.25, 0.3) is 0 Å². The molecule has 5 heteroatoms. The van der Waals surface area contributed by atoms with E-state index in [-0.39, 0.29) is 11.7 Å². The minimum atomic E-state index is -0.903. The normalized spacial score (nSPS) is 14.3. The minimum absolute atomic E-state index is 0.00958. The summed E-state index contributed by atoms with van der Waals surface area (Å²) in [5.41, 5.74) is 1.57. The molecule has 0 aliphatic rings. The number of carboxylic acids is 1. The Balaban J connectivity index is 3.44. The lowest BCUT2D eigenvalue weighted by Gasteiger charge is -2.23. The zero-order chi connectivity index (χ0) is 15.6. The summed E-state index contributed by atoms with van der Waals surface area (Å²) in [5.74, 6) is -1.11. The van der Waals surface area contributed by atoms with Crippen LogP contribution in [0.4, 0.5) is 0 Å². The fourth-order valence-corrected chi connectivity index (χ4v) is 2.85. The predicted molar refractivity (Wildman–Crippen MR) is 78.2 cm³/mol. The Labute approximate surface area is 119 Å². The van der Waals surface area contributed by atoms with E-state index >= 15 is 0 Å². The van der Waals surface area contributed by atoms with E-state index in [9.17, 15) is 14.7 Å². The van der Waals surface area contributed by atoms with Crippen molar-refractivity contribution in [1.29, 1.82) is 0 Å². The molecule has 1 heterocycles. The summed E-state index contributed by atoms with van der Waals surface area (Å²) in [7, 11) is 0. The van der Waals surface area contributed by atoms with Crippen molar-refractivity contribution >= 4 is 5.97 Å². The Hall–Kier alpha value is -1.65. The van der Waals surface area contributed by atoms with Crippen LogP contribution in [0.15, 0.2) is 4.79 Å². The van der Waals surface area contributed by atoms with E-state index in [4.69, 9.17) is 0 Å². The van der Waals surface area contributed by atoms with Crippen molar-refractivity contribution in [2.24, 2.45) is 5.92 Å². The number of carboxylic acid groups (broad SMARTS) is 1. The van der Waals surface area contributed by atoms with Gasteiger partial charge in [-0.25, -0.2) is 4.79 Å². The van der Waals surface area contributed by atoms with Crippen LogP contribution in [0.3, 0.4) is 0 Å². The molecule has 5 nitrogen and oxygen atoms in total. The number of nitrogens with zero attached hydrogens (tertiary/aromatic N) is 2. The first-order valence-electron chi connectivity index (χ1n) is 6.99. The van der Waals surface area contributed by atoms with Gasteiger partial charge in [-0.1, -0.05) is 13.8 Å². The van der Waals surface area contributed by atoms with Gasteiger partial charge in [0.2, 0.25) is 0 Å². The highest BCUT2D eigenvalue weighted by molar-refractivity contribution is 5.76. The fourth-order valence-electron chi connectivity index (χ4n) is 2.85. The van der Waals surface area contributed by atoms with Crippen LogP contribution in [-0.4, -0.2) is 20.6 Å². The summed E-state index contributed by atoms with van der Waals surface area (Å²) in [6.45, 7) is 11.3. The lowest BCUT2D eigenvalue weighted by Crippen LogP contribution is -2.32.